The van der Waals surface area contributed by atoms with Gasteiger partial charge in [0.1, 0.15) is 17.1 Å². The number of amides is 1. The van der Waals surface area contributed by atoms with Gasteiger partial charge in [0.2, 0.25) is 5.43 Å². The summed E-state index contributed by atoms with van der Waals surface area (Å²) in [5, 5.41) is 13.4. The molecule has 0 saturated carbocycles. The van der Waals surface area contributed by atoms with Crippen molar-refractivity contribution >= 4 is 17.3 Å². The molecular formula is C22H28N2O5. The number of hydrogen-bond acceptors (Lipinski definition) is 5. The second kappa shape index (κ2) is 10.5. The number of anilines is 1. The molecule has 2 aromatic rings. The molecule has 1 amide bonds. The summed E-state index contributed by atoms with van der Waals surface area (Å²) in [6.07, 6.45) is 6.75. The minimum absolute atomic E-state index is 0.0186. The van der Waals surface area contributed by atoms with Crippen LogP contribution >= 0.6 is 0 Å². The number of unbranched alkanes of at least 4 members (excludes halogenated alkanes) is 4. The highest BCUT2D eigenvalue weighted by molar-refractivity contribution is 6.04. The zero-order valence-electron chi connectivity index (χ0n) is 17.2. The highest BCUT2D eigenvalue weighted by Gasteiger charge is 2.21. The molecule has 0 fully saturated rings. The molecule has 2 rings (SSSR count). The number of nitro groups is 1. The Labute approximate surface area is 170 Å². The van der Waals surface area contributed by atoms with Crippen LogP contribution in [0.2, 0.25) is 0 Å². The number of nitrogens with zero attached hydrogens (tertiary/aromatic N) is 1. The van der Waals surface area contributed by atoms with Gasteiger partial charge in [0.15, 0.2) is 0 Å². The molecule has 29 heavy (non-hydrogen) atoms. The van der Waals surface area contributed by atoms with Gasteiger partial charge >= 0.3 is 0 Å². The number of rotatable bonds is 10. The average molecular weight is 400 g/mol. The molecule has 0 radical (unpaired) electrons. The van der Waals surface area contributed by atoms with Gasteiger partial charge in [-0.15, -0.1) is 0 Å². The molecule has 7 nitrogen and oxygen atoms in total. The first-order valence-electron chi connectivity index (χ1n) is 10.1. The van der Waals surface area contributed by atoms with E-state index in [1.54, 1.807) is 6.92 Å². The average Bonchev–Trinajstić information content (AvgIpc) is 2.68. The molecule has 1 N–H and O–H groups in total. The van der Waals surface area contributed by atoms with E-state index in [0.717, 1.165) is 19.3 Å². The normalized spacial score (nSPS) is 10.7. The van der Waals surface area contributed by atoms with Gasteiger partial charge in [0, 0.05) is 29.8 Å². The topological polar surface area (TPSA) is 102 Å². The Bertz CT molecular complexity index is 916. The minimum atomic E-state index is -0.575. The van der Waals surface area contributed by atoms with Crippen molar-refractivity contribution in [3.05, 3.63) is 67.3 Å². The van der Waals surface area contributed by atoms with Gasteiger partial charge < -0.3 is 9.73 Å². The largest absolute Gasteiger partial charge is 0.465 e. The summed E-state index contributed by atoms with van der Waals surface area (Å²) >= 11 is 0. The standard InChI is InChI=1S/C22H28N2O5/c1-4-6-7-8-9-10-19-18(5-2)21(25)20(15(3)29-19)22(26)23-16-11-13-17(14-12-16)24(27)28/h11-14H,4-10H2,1-3H3,(H,23,26). The van der Waals surface area contributed by atoms with Crippen molar-refractivity contribution in [3.63, 3.8) is 0 Å². The number of nitrogens with one attached hydrogen (secondary N) is 1. The van der Waals surface area contributed by atoms with Crippen LogP contribution in [0.3, 0.4) is 0 Å². The Morgan fingerprint density at radius 3 is 2.34 bits per heavy atom. The molecule has 1 aromatic carbocycles. The highest BCUT2D eigenvalue weighted by atomic mass is 16.6. The Kier molecular flexibility index (Phi) is 8.12. The molecule has 0 unspecified atom stereocenters. The van der Waals surface area contributed by atoms with Gasteiger partial charge in [-0.1, -0.05) is 39.5 Å². The monoisotopic (exact) mass is 400 g/mol. The predicted octanol–water partition coefficient (Wildman–Crippen LogP) is 5.18. The highest BCUT2D eigenvalue weighted by Crippen LogP contribution is 2.19. The molecule has 0 aliphatic heterocycles. The van der Waals surface area contributed by atoms with Crippen molar-refractivity contribution in [2.24, 2.45) is 0 Å². The third-order valence-electron chi connectivity index (χ3n) is 4.89. The molecule has 0 aliphatic carbocycles. The maximum absolute atomic E-state index is 12.9. The van der Waals surface area contributed by atoms with Gasteiger partial charge in [0.25, 0.3) is 11.6 Å². The van der Waals surface area contributed by atoms with Crippen LogP contribution in [-0.2, 0) is 12.8 Å². The van der Waals surface area contributed by atoms with E-state index < -0.39 is 10.8 Å². The molecule has 156 valence electrons. The van der Waals surface area contributed by atoms with Crippen LogP contribution in [-0.4, -0.2) is 10.8 Å². The van der Waals surface area contributed by atoms with Crippen LogP contribution in [0.15, 0.2) is 33.5 Å². The van der Waals surface area contributed by atoms with Gasteiger partial charge in [-0.25, -0.2) is 0 Å². The SMILES string of the molecule is CCCCCCCc1oc(C)c(C(=O)Nc2ccc([N+](=O)[O-])cc2)c(=O)c1CC. The zero-order valence-corrected chi connectivity index (χ0v) is 17.2. The van der Waals surface area contributed by atoms with Gasteiger partial charge in [0.05, 0.1) is 4.92 Å². The second-order valence-corrected chi connectivity index (χ2v) is 7.04. The number of carbonyl (C=O) groups is 1. The van der Waals surface area contributed by atoms with Crippen LogP contribution in [0.1, 0.15) is 73.4 Å². The first-order chi connectivity index (χ1) is 13.9. The van der Waals surface area contributed by atoms with Crippen LogP contribution < -0.4 is 10.7 Å². The molecule has 0 bridgehead atoms. The minimum Gasteiger partial charge on any atom is -0.465 e. The fourth-order valence-corrected chi connectivity index (χ4v) is 3.31. The lowest BCUT2D eigenvalue weighted by molar-refractivity contribution is -0.384. The van der Waals surface area contributed by atoms with Crippen molar-refractivity contribution in [2.45, 2.75) is 65.7 Å². The summed E-state index contributed by atoms with van der Waals surface area (Å²) in [6.45, 7) is 5.66. The van der Waals surface area contributed by atoms with E-state index in [4.69, 9.17) is 4.42 Å². The van der Waals surface area contributed by atoms with E-state index >= 15 is 0 Å². The Morgan fingerprint density at radius 1 is 1.10 bits per heavy atom. The molecule has 1 heterocycles. The van der Waals surface area contributed by atoms with Crippen LogP contribution in [0.5, 0.6) is 0 Å². The summed E-state index contributed by atoms with van der Waals surface area (Å²) in [5.41, 5.74) is 0.516. The van der Waals surface area contributed by atoms with E-state index in [9.17, 15) is 19.7 Å². The van der Waals surface area contributed by atoms with Crippen LogP contribution in [0, 0.1) is 17.0 Å². The van der Waals surface area contributed by atoms with E-state index in [2.05, 4.69) is 12.2 Å². The molecular weight excluding hydrogens is 372 g/mol. The summed E-state index contributed by atoms with van der Waals surface area (Å²) in [6, 6.07) is 5.45. The predicted molar refractivity (Wildman–Crippen MR) is 113 cm³/mol. The fraction of sp³-hybridized carbons (Fsp3) is 0.455. The number of nitro benzene ring substituents is 1. The number of benzene rings is 1. The van der Waals surface area contributed by atoms with E-state index in [0.29, 0.717) is 29.9 Å². The second-order valence-electron chi connectivity index (χ2n) is 7.04. The first kappa shape index (κ1) is 22.3. The number of non-ortho nitro benzene ring substituents is 1. The Balaban J connectivity index is 2.20. The summed E-state index contributed by atoms with van der Waals surface area (Å²) in [4.78, 5) is 35.8. The lowest BCUT2D eigenvalue weighted by atomic mass is 10.0. The third-order valence-corrected chi connectivity index (χ3v) is 4.89. The van der Waals surface area contributed by atoms with Crippen molar-refractivity contribution in [2.75, 3.05) is 5.32 Å². The maximum atomic E-state index is 12.9. The summed E-state index contributed by atoms with van der Waals surface area (Å²) < 4.78 is 5.88. The van der Waals surface area contributed by atoms with Gasteiger partial charge in [-0.3, -0.25) is 19.7 Å². The maximum Gasteiger partial charge on any atom is 0.269 e. The van der Waals surface area contributed by atoms with Gasteiger partial charge in [-0.2, -0.15) is 0 Å². The molecule has 0 spiro atoms. The van der Waals surface area contributed by atoms with E-state index in [1.807, 2.05) is 6.92 Å². The lowest BCUT2D eigenvalue weighted by Gasteiger charge is -2.12. The van der Waals surface area contributed by atoms with Crippen molar-refractivity contribution < 1.29 is 14.1 Å². The summed E-state index contributed by atoms with van der Waals surface area (Å²) in [5.74, 6) is 0.378. The van der Waals surface area contributed by atoms with Gasteiger partial charge in [-0.05, 0) is 31.9 Å². The number of hydrogen-bond donors (Lipinski definition) is 1. The van der Waals surface area contributed by atoms with E-state index in [-0.39, 0.29) is 22.4 Å². The van der Waals surface area contributed by atoms with E-state index in [1.165, 1.54) is 37.1 Å². The van der Waals surface area contributed by atoms with Crippen molar-refractivity contribution in [1.29, 1.82) is 0 Å². The Hall–Kier alpha value is -2.96. The number of aryl methyl sites for hydroxylation is 2. The number of carbonyl (C=O) groups excluding carboxylic acids is 1. The first-order valence-corrected chi connectivity index (χ1v) is 10.1. The lowest BCUT2D eigenvalue weighted by Crippen LogP contribution is -2.26. The Morgan fingerprint density at radius 2 is 1.76 bits per heavy atom. The quantitative estimate of drug-likeness (QED) is 0.336. The fourth-order valence-electron chi connectivity index (χ4n) is 3.31. The smallest absolute Gasteiger partial charge is 0.269 e. The molecule has 0 saturated heterocycles. The zero-order chi connectivity index (χ0) is 21.4. The van der Waals surface area contributed by atoms with Crippen molar-refractivity contribution in [3.8, 4) is 0 Å². The molecule has 0 aliphatic rings. The van der Waals surface area contributed by atoms with Crippen LogP contribution in [0.25, 0.3) is 0 Å². The summed E-state index contributed by atoms with van der Waals surface area (Å²) in [7, 11) is 0. The third kappa shape index (κ3) is 5.76. The molecule has 0 atom stereocenters. The van der Waals surface area contributed by atoms with Crippen molar-refractivity contribution in [1.82, 2.24) is 0 Å². The van der Waals surface area contributed by atoms with Crippen LogP contribution in [0.4, 0.5) is 11.4 Å². The molecule has 7 heteroatoms. The molecule has 1 aromatic heterocycles.